The molecule has 1 aromatic rings. The molecule has 4 fully saturated rings. The van der Waals surface area contributed by atoms with Crippen molar-refractivity contribution in [2.24, 2.45) is 23.0 Å². The van der Waals surface area contributed by atoms with E-state index in [0.717, 1.165) is 68.2 Å². The molecule has 4 saturated carbocycles. The smallest absolute Gasteiger partial charge is 0.312 e. The number of primary amides is 1. The highest BCUT2D eigenvalue weighted by Gasteiger charge is 2.60. The van der Waals surface area contributed by atoms with E-state index in [0.29, 0.717) is 22.4 Å². The molecule has 2 unspecified atom stereocenters. The number of fused-ring (bicyclic) bond motifs is 1. The van der Waals surface area contributed by atoms with Crippen LogP contribution in [0.1, 0.15) is 72.2 Å². The van der Waals surface area contributed by atoms with Crippen molar-refractivity contribution in [1.82, 2.24) is 0 Å². The minimum absolute atomic E-state index is 0.0603. The summed E-state index contributed by atoms with van der Waals surface area (Å²) >= 11 is 5.33. The third kappa shape index (κ3) is 3.49. The number of carbonyl (C=O) groups excluding carboxylic acids is 3. The number of nitrogens with two attached hydrogens (primary N) is 1. The van der Waals surface area contributed by atoms with Gasteiger partial charge in [-0.05, 0) is 81.6 Å². The standard InChI is InChI=1S/C22H27BrN2O4S/c23-22-8-12-5-13(9-22)7-21(6-12,11-22)20(28)29-10-16(26)25-19-17(18(24)27)14-3-1-2-4-15(14)30-19/h12-13H,1-11H2,(H2,24,27)(H,25,26)/t12-,13+,21?,22?. The molecule has 6 rings (SSSR count). The highest BCUT2D eigenvalue weighted by molar-refractivity contribution is 9.10. The van der Waals surface area contributed by atoms with Gasteiger partial charge in [0.05, 0.1) is 11.0 Å². The minimum Gasteiger partial charge on any atom is -0.455 e. The summed E-state index contributed by atoms with van der Waals surface area (Å²) in [6.45, 7) is -0.327. The van der Waals surface area contributed by atoms with Crippen molar-refractivity contribution in [1.29, 1.82) is 0 Å². The number of thiophene rings is 1. The Morgan fingerprint density at radius 1 is 1.13 bits per heavy atom. The van der Waals surface area contributed by atoms with Crippen molar-refractivity contribution in [3.8, 4) is 0 Å². The predicted molar refractivity (Wildman–Crippen MR) is 118 cm³/mol. The van der Waals surface area contributed by atoms with Gasteiger partial charge in [0.15, 0.2) is 6.61 Å². The van der Waals surface area contributed by atoms with Crippen LogP contribution in [-0.2, 0) is 27.2 Å². The predicted octanol–water partition coefficient (Wildman–Crippen LogP) is 3.94. The monoisotopic (exact) mass is 494 g/mol. The summed E-state index contributed by atoms with van der Waals surface area (Å²) in [7, 11) is 0. The summed E-state index contributed by atoms with van der Waals surface area (Å²) in [5, 5.41) is 3.27. The average Bonchev–Trinajstić information content (AvgIpc) is 3.02. The van der Waals surface area contributed by atoms with E-state index < -0.39 is 17.2 Å². The van der Waals surface area contributed by atoms with Gasteiger partial charge in [-0.3, -0.25) is 14.4 Å². The Morgan fingerprint density at radius 2 is 1.83 bits per heavy atom. The van der Waals surface area contributed by atoms with Crippen LogP contribution >= 0.6 is 27.3 Å². The molecule has 0 saturated heterocycles. The van der Waals surface area contributed by atoms with E-state index in [-0.39, 0.29) is 16.9 Å². The number of hydrogen-bond donors (Lipinski definition) is 2. The molecular formula is C22H27BrN2O4S. The van der Waals surface area contributed by atoms with Crippen LogP contribution in [0.4, 0.5) is 5.00 Å². The molecule has 0 spiro atoms. The number of nitrogens with one attached hydrogen (secondary N) is 1. The quantitative estimate of drug-likeness (QED) is 0.478. The Bertz CT molecular complexity index is 912. The summed E-state index contributed by atoms with van der Waals surface area (Å²) in [6.07, 6.45) is 9.86. The molecule has 5 aliphatic carbocycles. The van der Waals surface area contributed by atoms with E-state index in [1.54, 1.807) is 0 Å². The lowest BCUT2D eigenvalue weighted by Gasteiger charge is -2.58. The fourth-order valence-electron chi connectivity index (χ4n) is 6.75. The first-order valence-corrected chi connectivity index (χ1v) is 12.5. The number of esters is 1. The van der Waals surface area contributed by atoms with Crippen molar-refractivity contribution >= 4 is 50.1 Å². The molecule has 4 bridgehead atoms. The number of rotatable bonds is 5. The fourth-order valence-corrected chi connectivity index (χ4v) is 9.51. The molecular weight excluding hydrogens is 468 g/mol. The fraction of sp³-hybridized carbons (Fsp3) is 0.682. The zero-order chi connectivity index (χ0) is 21.1. The lowest BCUT2D eigenvalue weighted by atomic mass is 9.49. The van der Waals surface area contributed by atoms with Gasteiger partial charge in [-0.25, -0.2) is 0 Å². The highest BCUT2D eigenvalue weighted by Crippen LogP contribution is 2.64. The Kier molecular flexibility index (Phi) is 5.01. The first kappa shape index (κ1) is 20.5. The molecule has 162 valence electrons. The molecule has 0 aromatic carbocycles. The number of ether oxygens (including phenoxy) is 1. The molecule has 8 heteroatoms. The van der Waals surface area contributed by atoms with Crippen molar-refractivity contribution in [3.05, 3.63) is 16.0 Å². The third-order valence-electron chi connectivity index (χ3n) is 7.43. The first-order chi connectivity index (χ1) is 14.3. The van der Waals surface area contributed by atoms with Gasteiger partial charge >= 0.3 is 5.97 Å². The van der Waals surface area contributed by atoms with Crippen LogP contribution in [0, 0.1) is 17.3 Å². The van der Waals surface area contributed by atoms with Gasteiger partial charge in [0.25, 0.3) is 11.8 Å². The van der Waals surface area contributed by atoms with Crippen molar-refractivity contribution in [2.45, 2.75) is 68.5 Å². The maximum atomic E-state index is 13.0. The number of alkyl halides is 1. The normalized spacial score (nSPS) is 33.8. The van der Waals surface area contributed by atoms with E-state index in [9.17, 15) is 14.4 Å². The minimum atomic E-state index is -0.516. The molecule has 2 amide bonds. The first-order valence-electron chi connectivity index (χ1n) is 10.9. The SMILES string of the molecule is NC(=O)c1c(NC(=O)COC(=O)C23C[C@@H]4C[C@@H](CC(Br)(C4)C2)C3)sc2c1CCCC2. The van der Waals surface area contributed by atoms with Gasteiger partial charge in [0.2, 0.25) is 0 Å². The number of anilines is 1. The number of halogens is 1. The van der Waals surface area contributed by atoms with Gasteiger partial charge < -0.3 is 15.8 Å². The molecule has 1 aromatic heterocycles. The van der Waals surface area contributed by atoms with E-state index >= 15 is 0 Å². The van der Waals surface area contributed by atoms with Crippen molar-refractivity contribution in [3.63, 3.8) is 0 Å². The Labute approximate surface area is 188 Å². The van der Waals surface area contributed by atoms with Gasteiger partial charge in [-0.15, -0.1) is 11.3 Å². The van der Waals surface area contributed by atoms with Crippen LogP contribution in [0.25, 0.3) is 0 Å². The van der Waals surface area contributed by atoms with E-state index in [2.05, 4.69) is 21.2 Å². The Balaban J connectivity index is 1.25. The van der Waals surface area contributed by atoms with Crippen LogP contribution in [0.15, 0.2) is 0 Å². The molecule has 30 heavy (non-hydrogen) atoms. The number of carbonyl (C=O) groups is 3. The van der Waals surface area contributed by atoms with Crippen LogP contribution in [0.5, 0.6) is 0 Å². The van der Waals surface area contributed by atoms with Gasteiger partial charge in [-0.1, -0.05) is 15.9 Å². The molecule has 4 atom stereocenters. The lowest BCUT2D eigenvalue weighted by molar-refractivity contribution is -0.170. The van der Waals surface area contributed by atoms with Gasteiger partial charge in [-0.2, -0.15) is 0 Å². The number of amides is 2. The second-order valence-electron chi connectivity index (χ2n) is 9.80. The lowest BCUT2D eigenvalue weighted by Crippen LogP contribution is -2.56. The number of hydrogen-bond acceptors (Lipinski definition) is 5. The Morgan fingerprint density at radius 3 is 2.50 bits per heavy atom. The summed E-state index contributed by atoms with van der Waals surface area (Å²) in [5.74, 6) is -0.0260. The molecule has 3 N–H and O–H groups in total. The van der Waals surface area contributed by atoms with E-state index in [1.165, 1.54) is 17.8 Å². The highest BCUT2D eigenvalue weighted by atomic mass is 79.9. The maximum Gasteiger partial charge on any atom is 0.312 e. The number of aryl methyl sites for hydroxylation is 1. The summed E-state index contributed by atoms with van der Waals surface area (Å²) in [6, 6.07) is 0. The third-order valence-corrected chi connectivity index (χ3v) is 9.56. The van der Waals surface area contributed by atoms with Crippen LogP contribution in [0.2, 0.25) is 0 Å². The molecule has 0 radical (unpaired) electrons. The Hall–Kier alpha value is -1.41. The average molecular weight is 495 g/mol. The van der Waals surface area contributed by atoms with Gasteiger partial charge in [0.1, 0.15) is 5.00 Å². The second-order valence-corrected chi connectivity index (χ2v) is 12.6. The summed E-state index contributed by atoms with van der Waals surface area (Å²) in [4.78, 5) is 38.7. The van der Waals surface area contributed by atoms with Crippen LogP contribution in [0.3, 0.4) is 0 Å². The van der Waals surface area contributed by atoms with Crippen molar-refractivity contribution in [2.75, 3.05) is 11.9 Å². The second kappa shape index (κ2) is 7.33. The summed E-state index contributed by atoms with van der Waals surface area (Å²) in [5.41, 5.74) is 6.54. The van der Waals surface area contributed by atoms with Crippen molar-refractivity contribution < 1.29 is 19.1 Å². The zero-order valence-electron chi connectivity index (χ0n) is 16.9. The van der Waals surface area contributed by atoms with Crippen LogP contribution < -0.4 is 11.1 Å². The molecule has 0 aliphatic heterocycles. The molecule has 1 heterocycles. The summed E-state index contributed by atoms with van der Waals surface area (Å²) < 4.78 is 5.59. The molecule has 6 nitrogen and oxygen atoms in total. The maximum absolute atomic E-state index is 13.0. The zero-order valence-corrected chi connectivity index (χ0v) is 19.3. The largest absolute Gasteiger partial charge is 0.455 e. The molecule has 5 aliphatic rings. The van der Waals surface area contributed by atoms with E-state index in [1.807, 2.05) is 0 Å². The van der Waals surface area contributed by atoms with Gasteiger partial charge in [0, 0.05) is 9.20 Å². The van der Waals surface area contributed by atoms with Crippen LogP contribution in [-0.4, -0.2) is 28.7 Å². The van der Waals surface area contributed by atoms with E-state index in [4.69, 9.17) is 10.5 Å². The topological polar surface area (TPSA) is 98.5 Å².